The van der Waals surface area contributed by atoms with Crippen LogP contribution >= 0.6 is 24.0 Å². The van der Waals surface area contributed by atoms with E-state index in [1.54, 1.807) is 0 Å². The van der Waals surface area contributed by atoms with E-state index in [2.05, 4.69) is 6.92 Å². The second kappa shape index (κ2) is 7.62. The number of thiocarbonyl (C=S) groups is 1. The highest BCUT2D eigenvalue weighted by Gasteiger charge is 2.33. The molecule has 0 atom stereocenters. The Labute approximate surface area is 110 Å². The highest BCUT2D eigenvalue weighted by atomic mass is 32.2. The van der Waals surface area contributed by atoms with Crippen molar-refractivity contribution < 1.29 is 19.1 Å². The molecule has 5 nitrogen and oxygen atoms in total. The molecule has 7 heteroatoms. The van der Waals surface area contributed by atoms with Crippen LogP contribution in [0.25, 0.3) is 0 Å². The van der Waals surface area contributed by atoms with Gasteiger partial charge in [0.1, 0.15) is 6.61 Å². The topological polar surface area (TPSA) is 55.8 Å². The smallest absolute Gasteiger partial charge is 0.422 e. The molecule has 1 aliphatic rings. The summed E-state index contributed by atoms with van der Waals surface area (Å²) in [6, 6.07) is 0. The van der Waals surface area contributed by atoms with Crippen LogP contribution in [-0.4, -0.2) is 46.8 Å². The molecule has 1 heterocycles. The minimum Gasteiger partial charge on any atom is -0.446 e. The molecule has 0 aromatic carbocycles. The van der Waals surface area contributed by atoms with E-state index in [4.69, 9.17) is 21.7 Å². The predicted molar refractivity (Wildman–Crippen MR) is 69.0 cm³/mol. The number of amides is 2. The summed E-state index contributed by atoms with van der Waals surface area (Å²) >= 11 is 6.03. The van der Waals surface area contributed by atoms with Crippen molar-refractivity contribution in [2.45, 2.75) is 19.8 Å². The van der Waals surface area contributed by atoms with E-state index in [9.17, 15) is 9.59 Å². The van der Waals surface area contributed by atoms with Crippen molar-refractivity contribution in [1.82, 2.24) is 4.90 Å². The Balaban J connectivity index is 2.17. The summed E-state index contributed by atoms with van der Waals surface area (Å²) in [5.74, 6) is -0.113. The van der Waals surface area contributed by atoms with Crippen molar-refractivity contribution in [2.75, 3.05) is 25.6 Å². The van der Waals surface area contributed by atoms with Crippen molar-refractivity contribution in [2.24, 2.45) is 0 Å². The summed E-state index contributed by atoms with van der Waals surface area (Å²) in [7, 11) is 0. The zero-order valence-corrected chi connectivity index (χ0v) is 11.3. The van der Waals surface area contributed by atoms with E-state index >= 15 is 0 Å². The van der Waals surface area contributed by atoms with Crippen molar-refractivity contribution in [3.63, 3.8) is 0 Å². The Kier molecular flexibility index (Phi) is 6.46. The zero-order chi connectivity index (χ0) is 12.7. The minimum atomic E-state index is -0.705. The van der Waals surface area contributed by atoms with E-state index in [1.165, 1.54) is 11.8 Å². The molecular weight excluding hydrogens is 262 g/mol. The Morgan fingerprint density at radius 1 is 1.47 bits per heavy atom. The SMILES string of the molecule is CCCCOCCOC(=O)N1C(=O)CSC1=S. The van der Waals surface area contributed by atoms with Gasteiger partial charge in [-0.2, -0.15) is 4.90 Å². The van der Waals surface area contributed by atoms with Gasteiger partial charge in [-0.05, 0) is 6.42 Å². The minimum absolute atomic E-state index is 0.138. The summed E-state index contributed by atoms with van der Waals surface area (Å²) in [6.45, 7) is 3.21. The van der Waals surface area contributed by atoms with Gasteiger partial charge in [0.05, 0.1) is 12.4 Å². The molecule has 1 rings (SSSR count). The zero-order valence-electron chi connectivity index (χ0n) is 9.64. The number of rotatable bonds is 6. The number of thioether (sulfide) groups is 1. The molecule has 0 unspecified atom stereocenters. The van der Waals surface area contributed by atoms with Crippen LogP contribution in [0.2, 0.25) is 0 Å². The summed E-state index contributed by atoms with van der Waals surface area (Å²) < 4.78 is 10.4. The Morgan fingerprint density at radius 3 is 2.82 bits per heavy atom. The molecule has 0 aliphatic carbocycles. The monoisotopic (exact) mass is 277 g/mol. The molecular formula is C10H15NO4S2. The second-order valence-corrected chi connectivity index (χ2v) is 4.97. The standard InChI is InChI=1S/C10H15NO4S2/c1-2-3-4-14-5-6-15-9(13)11-8(12)7-17-10(11)16/h2-7H2,1H3. The van der Waals surface area contributed by atoms with Crippen LogP contribution in [-0.2, 0) is 14.3 Å². The molecule has 1 saturated heterocycles. The molecule has 1 fully saturated rings. The van der Waals surface area contributed by atoms with E-state index in [-0.39, 0.29) is 22.6 Å². The first-order valence-electron chi connectivity index (χ1n) is 5.41. The normalized spacial score (nSPS) is 15.5. The quantitative estimate of drug-likeness (QED) is 0.545. The lowest BCUT2D eigenvalue weighted by Gasteiger charge is -2.12. The molecule has 1 aliphatic heterocycles. The van der Waals surface area contributed by atoms with E-state index < -0.39 is 6.09 Å². The molecule has 2 amide bonds. The maximum atomic E-state index is 11.5. The number of carbonyl (C=O) groups is 2. The van der Waals surface area contributed by atoms with E-state index in [0.29, 0.717) is 13.2 Å². The third-order valence-corrected chi connectivity index (χ3v) is 3.39. The maximum Gasteiger partial charge on any atom is 0.422 e. The van der Waals surface area contributed by atoms with Crippen LogP contribution in [0.4, 0.5) is 4.79 Å². The van der Waals surface area contributed by atoms with Crippen LogP contribution in [0.5, 0.6) is 0 Å². The Morgan fingerprint density at radius 2 is 2.24 bits per heavy atom. The van der Waals surface area contributed by atoms with Gasteiger partial charge in [-0.25, -0.2) is 4.79 Å². The molecule has 96 valence electrons. The number of hydrogen-bond acceptors (Lipinski definition) is 6. The number of unbranched alkanes of at least 4 members (excludes halogenated alkanes) is 1. The third kappa shape index (κ3) is 4.61. The van der Waals surface area contributed by atoms with Crippen LogP contribution < -0.4 is 0 Å². The van der Waals surface area contributed by atoms with Gasteiger partial charge in [0.2, 0.25) is 5.91 Å². The highest BCUT2D eigenvalue weighted by Crippen LogP contribution is 2.19. The first-order chi connectivity index (χ1) is 8.16. The second-order valence-electron chi connectivity index (χ2n) is 3.36. The summed E-state index contributed by atoms with van der Waals surface area (Å²) in [5, 5.41) is 0. The van der Waals surface area contributed by atoms with Crippen molar-refractivity contribution in [1.29, 1.82) is 0 Å². The van der Waals surface area contributed by atoms with Crippen molar-refractivity contribution >= 4 is 40.3 Å². The lowest BCUT2D eigenvalue weighted by atomic mass is 10.4. The molecule has 0 aromatic heterocycles. The molecule has 17 heavy (non-hydrogen) atoms. The first-order valence-corrected chi connectivity index (χ1v) is 6.80. The fourth-order valence-corrected chi connectivity index (χ4v) is 2.17. The lowest BCUT2D eigenvalue weighted by Crippen LogP contribution is -2.36. The van der Waals surface area contributed by atoms with Gasteiger partial charge in [-0.1, -0.05) is 37.3 Å². The van der Waals surface area contributed by atoms with Gasteiger partial charge < -0.3 is 9.47 Å². The lowest BCUT2D eigenvalue weighted by molar-refractivity contribution is -0.122. The van der Waals surface area contributed by atoms with Gasteiger partial charge in [0, 0.05) is 6.61 Å². The average molecular weight is 277 g/mol. The number of ether oxygens (including phenoxy) is 2. The van der Waals surface area contributed by atoms with Gasteiger partial charge in [-0.3, -0.25) is 4.79 Å². The first kappa shape index (κ1) is 14.4. The number of hydrogen-bond donors (Lipinski definition) is 0. The van der Waals surface area contributed by atoms with Crippen LogP contribution in [0.15, 0.2) is 0 Å². The summed E-state index contributed by atoms with van der Waals surface area (Å²) in [4.78, 5) is 23.7. The van der Waals surface area contributed by atoms with Gasteiger partial charge >= 0.3 is 6.09 Å². The van der Waals surface area contributed by atoms with E-state index in [1.807, 2.05) is 0 Å². The van der Waals surface area contributed by atoms with Crippen LogP contribution in [0, 0.1) is 0 Å². The molecule has 0 saturated carbocycles. The van der Waals surface area contributed by atoms with Crippen LogP contribution in [0.3, 0.4) is 0 Å². The average Bonchev–Trinajstić information content (AvgIpc) is 2.63. The van der Waals surface area contributed by atoms with Crippen molar-refractivity contribution in [3.05, 3.63) is 0 Å². The highest BCUT2D eigenvalue weighted by molar-refractivity contribution is 8.24. The number of carbonyl (C=O) groups excluding carboxylic acids is 2. The third-order valence-electron chi connectivity index (χ3n) is 2.03. The summed E-state index contributed by atoms with van der Waals surface area (Å²) in [6.07, 6.45) is 1.34. The Bertz CT molecular complexity index is 293. The van der Waals surface area contributed by atoms with Gasteiger partial charge in [0.15, 0.2) is 4.32 Å². The number of imide groups is 1. The Hall–Kier alpha value is -0.660. The molecule has 0 aromatic rings. The molecule has 0 bridgehead atoms. The molecule has 0 N–H and O–H groups in total. The van der Waals surface area contributed by atoms with Gasteiger partial charge in [0.25, 0.3) is 0 Å². The maximum absolute atomic E-state index is 11.5. The largest absolute Gasteiger partial charge is 0.446 e. The number of nitrogens with zero attached hydrogens (tertiary/aromatic N) is 1. The molecule has 0 spiro atoms. The molecule has 0 radical (unpaired) electrons. The van der Waals surface area contributed by atoms with Gasteiger partial charge in [-0.15, -0.1) is 0 Å². The fraction of sp³-hybridized carbons (Fsp3) is 0.700. The van der Waals surface area contributed by atoms with Crippen molar-refractivity contribution in [3.8, 4) is 0 Å². The summed E-state index contributed by atoms with van der Waals surface area (Å²) in [5.41, 5.74) is 0. The van der Waals surface area contributed by atoms with Crippen LogP contribution in [0.1, 0.15) is 19.8 Å². The van der Waals surface area contributed by atoms with E-state index in [0.717, 1.165) is 17.7 Å². The predicted octanol–water partition coefficient (Wildman–Crippen LogP) is 1.80. The fourth-order valence-electron chi connectivity index (χ4n) is 1.13.